The number of benzene rings is 2. The third kappa shape index (κ3) is 4.80. The van der Waals surface area contributed by atoms with Crippen molar-refractivity contribution in [1.82, 2.24) is 0 Å². The van der Waals surface area contributed by atoms with E-state index in [9.17, 15) is 13.2 Å². The van der Waals surface area contributed by atoms with Gasteiger partial charge in [-0.3, -0.25) is 9.10 Å². The van der Waals surface area contributed by atoms with Crippen LogP contribution < -0.4 is 19.1 Å². The first kappa shape index (κ1) is 19.9. The molecular weight excluding hydrogens is 380 g/mol. The highest BCUT2D eigenvalue weighted by Crippen LogP contribution is 2.33. The van der Waals surface area contributed by atoms with Crippen LogP contribution in [0.3, 0.4) is 0 Å². The number of ether oxygens (including phenoxy) is 2. The van der Waals surface area contributed by atoms with E-state index in [-0.39, 0.29) is 5.69 Å². The highest BCUT2D eigenvalue weighted by Gasteiger charge is 2.25. The zero-order chi connectivity index (χ0) is 19.3. The molecule has 0 aliphatic rings. The number of amides is 1. The van der Waals surface area contributed by atoms with Crippen LogP contribution in [-0.2, 0) is 14.8 Å². The first-order chi connectivity index (χ1) is 12.3. The molecule has 0 aromatic heterocycles. The number of hydrogen-bond acceptors (Lipinski definition) is 5. The Kier molecular flexibility index (Phi) is 6.33. The van der Waals surface area contributed by atoms with Gasteiger partial charge in [-0.25, -0.2) is 8.42 Å². The summed E-state index contributed by atoms with van der Waals surface area (Å²) in [4.78, 5) is 12.4. The summed E-state index contributed by atoms with van der Waals surface area (Å²) in [5.74, 6) is 0.177. The summed E-state index contributed by atoms with van der Waals surface area (Å²) in [6, 6.07) is 11.4. The molecule has 140 valence electrons. The summed E-state index contributed by atoms with van der Waals surface area (Å²) >= 11 is 6.02. The van der Waals surface area contributed by atoms with Crippen LogP contribution in [0.25, 0.3) is 0 Å². The fraction of sp³-hybridized carbons (Fsp3) is 0.235. The molecule has 0 unspecified atom stereocenters. The van der Waals surface area contributed by atoms with Gasteiger partial charge < -0.3 is 14.8 Å². The predicted octanol–water partition coefficient (Wildman–Crippen LogP) is 2.76. The van der Waals surface area contributed by atoms with Crippen LogP contribution in [0.5, 0.6) is 11.5 Å². The molecule has 26 heavy (non-hydrogen) atoms. The van der Waals surface area contributed by atoms with Crippen LogP contribution in [0.2, 0.25) is 5.02 Å². The Labute approximate surface area is 157 Å². The van der Waals surface area contributed by atoms with Gasteiger partial charge in [-0.05, 0) is 24.3 Å². The Balaban J connectivity index is 2.35. The molecule has 0 saturated carbocycles. The molecule has 7 nitrogen and oxygen atoms in total. The molecule has 0 bridgehead atoms. The van der Waals surface area contributed by atoms with Crippen LogP contribution in [-0.4, -0.2) is 41.3 Å². The highest BCUT2D eigenvalue weighted by atomic mass is 35.5. The maximum absolute atomic E-state index is 12.4. The largest absolute Gasteiger partial charge is 0.497 e. The second-order valence-corrected chi connectivity index (χ2v) is 7.65. The molecule has 0 saturated heterocycles. The number of sulfonamides is 1. The van der Waals surface area contributed by atoms with Gasteiger partial charge in [0.25, 0.3) is 0 Å². The van der Waals surface area contributed by atoms with Gasteiger partial charge in [-0.2, -0.15) is 0 Å². The lowest BCUT2D eigenvalue weighted by Gasteiger charge is -2.24. The lowest BCUT2D eigenvalue weighted by Crippen LogP contribution is -2.37. The standard InChI is InChI=1S/C17H19ClN2O5S/c1-24-12-8-9-16(25-2)15(10-12)20(26(3,22)23)11-17(21)19-14-7-5-4-6-13(14)18/h4-10H,11H2,1-3H3,(H,19,21). The summed E-state index contributed by atoms with van der Waals surface area (Å²) in [7, 11) is -0.898. The topological polar surface area (TPSA) is 84.9 Å². The van der Waals surface area contributed by atoms with Crippen molar-refractivity contribution in [2.75, 3.05) is 36.6 Å². The number of methoxy groups -OCH3 is 2. The molecule has 0 radical (unpaired) electrons. The monoisotopic (exact) mass is 398 g/mol. The average molecular weight is 399 g/mol. The third-order valence-corrected chi connectivity index (χ3v) is 4.95. The summed E-state index contributed by atoms with van der Waals surface area (Å²) in [6.07, 6.45) is 1.01. The van der Waals surface area contributed by atoms with Gasteiger partial charge in [-0.15, -0.1) is 0 Å². The second kappa shape index (κ2) is 8.29. The maximum Gasteiger partial charge on any atom is 0.245 e. The third-order valence-electron chi connectivity index (χ3n) is 3.49. The van der Waals surface area contributed by atoms with Gasteiger partial charge in [0, 0.05) is 6.07 Å². The fourth-order valence-electron chi connectivity index (χ4n) is 2.26. The van der Waals surface area contributed by atoms with E-state index >= 15 is 0 Å². The molecule has 0 heterocycles. The van der Waals surface area contributed by atoms with E-state index in [4.69, 9.17) is 21.1 Å². The minimum Gasteiger partial charge on any atom is -0.497 e. The number of anilines is 2. The zero-order valence-corrected chi connectivity index (χ0v) is 16.1. The second-order valence-electron chi connectivity index (χ2n) is 5.34. The van der Waals surface area contributed by atoms with Crippen LogP contribution in [0.4, 0.5) is 11.4 Å². The van der Waals surface area contributed by atoms with Crippen molar-refractivity contribution in [2.45, 2.75) is 0 Å². The molecule has 0 aliphatic carbocycles. The van der Waals surface area contributed by atoms with Gasteiger partial charge in [-0.1, -0.05) is 23.7 Å². The van der Waals surface area contributed by atoms with Gasteiger partial charge in [0.2, 0.25) is 15.9 Å². The maximum atomic E-state index is 12.4. The van der Waals surface area contributed by atoms with Crippen molar-refractivity contribution in [2.24, 2.45) is 0 Å². The van der Waals surface area contributed by atoms with E-state index in [0.717, 1.165) is 10.6 Å². The molecular formula is C17H19ClN2O5S. The minimum atomic E-state index is -3.77. The van der Waals surface area contributed by atoms with Gasteiger partial charge in [0.1, 0.15) is 18.0 Å². The first-order valence-electron chi connectivity index (χ1n) is 7.50. The van der Waals surface area contributed by atoms with Gasteiger partial charge in [0.15, 0.2) is 0 Å². The van der Waals surface area contributed by atoms with E-state index in [1.54, 1.807) is 36.4 Å². The van der Waals surface area contributed by atoms with Crippen LogP contribution in [0.1, 0.15) is 0 Å². The molecule has 9 heteroatoms. The van der Waals surface area contributed by atoms with Crippen LogP contribution in [0.15, 0.2) is 42.5 Å². The Morgan fingerprint density at radius 1 is 1.15 bits per heavy atom. The number of carbonyl (C=O) groups excluding carboxylic acids is 1. The Morgan fingerprint density at radius 3 is 2.42 bits per heavy atom. The molecule has 1 N–H and O–H groups in total. The van der Waals surface area contributed by atoms with E-state index < -0.39 is 22.5 Å². The van der Waals surface area contributed by atoms with Crippen molar-refractivity contribution in [1.29, 1.82) is 0 Å². The lowest BCUT2D eigenvalue weighted by atomic mass is 10.2. The van der Waals surface area contributed by atoms with Crippen LogP contribution in [0, 0.1) is 0 Å². The van der Waals surface area contributed by atoms with Gasteiger partial charge >= 0.3 is 0 Å². The molecule has 0 spiro atoms. The van der Waals surface area contributed by atoms with Crippen LogP contribution >= 0.6 is 11.6 Å². The number of hydrogen-bond donors (Lipinski definition) is 1. The van der Waals surface area contributed by atoms with E-state index in [2.05, 4.69) is 5.32 Å². The average Bonchev–Trinajstić information content (AvgIpc) is 2.60. The Bertz CT molecular complexity index is 902. The molecule has 2 aromatic rings. The number of para-hydroxylation sites is 1. The molecule has 2 aromatic carbocycles. The summed E-state index contributed by atoms with van der Waals surface area (Å²) < 4.78 is 35.9. The van der Waals surface area contributed by atoms with Crippen molar-refractivity contribution in [3.63, 3.8) is 0 Å². The number of halogens is 1. The summed E-state index contributed by atoms with van der Waals surface area (Å²) in [5.41, 5.74) is 0.592. The fourth-order valence-corrected chi connectivity index (χ4v) is 3.29. The summed E-state index contributed by atoms with van der Waals surface area (Å²) in [6.45, 7) is -0.451. The quantitative estimate of drug-likeness (QED) is 0.775. The molecule has 0 fully saturated rings. The normalized spacial score (nSPS) is 10.9. The van der Waals surface area contributed by atoms with E-state index in [0.29, 0.717) is 22.2 Å². The Morgan fingerprint density at radius 2 is 1.85 bits per heavy atom. The van der Waals surface area contributed by atoms with E-state index in [1.165, 1.54) is 20.3 Å². The van der Waals surface area contributed by atoms with Gasteiger partial charge in [0.05, 0.1) is 36.9 Å². The van der Waals surface area contributed by atoms with Crippen molar-refractivity contribution in [3.8, 4) is 11.5 Å². The lowest BCUT2D eigenvalue weighted by molar-refractivity contribution is -0.114. The van der Waals surface area contributed by atoms with Crippen molar-refractivity contribution < 1.29 is 22.7 Å². The highest BCUT2D eigenvalue weighted by molar-refractivity contribution is 7.92. The van der Waals surface area contributed by atoms with Crippen molar-refractivity contribution >= 4 is 38.9 Å². The molecule has 0 atom stereocenters. The first-order valence-corrected chi connectivity index (χ1v) is 9.73. The Hall–Kier alpha value is -2.45. The zero-order valence-electron chi connectivity index (χ0n) is 14.5. The summed E-state index contributed by atoms with van der Waals surface area (Å²) in [5, 5.41) is 2.95. The smallest absolute Gasteiger partial charge is 0.245 e. The minimum absolute atomic E-state index is 0.198. The number of rotatable bonds is 7. The predicted molar refractivity (Wildman–Crippen MR) is 102 cm³/mol. The number of carbonyl (C=O) groups is 1. The van der Waals surface area contributed by atoms with Crippen molar-refractivity contribution in [3.05, 3.63) is 47.5 Å². The molecule has 1 amide bonds. The number of nitrogens with zero attached hydrogens (tertiary/aromatic N) is 1. The van der Waals surface area contributed by atoms with E-state index in [1.807, 2.05) is 0 Å². The molecule has 0 aliphatic heterocycles. The SMILES string of the molecule is COc1ccc(OC)c(N(CC(=O)Nc2ccccc2Cl)S(C)(=O)=O)c1. The molecule has 2 rings (SSSR count). The number of nitrogens with one attached hydrogen (secondary N) is 1.